The molecular formula is C20H26FN3O. The number of fused-ring (bicyclic) bond motifs is 1. The second kappa shape index (κ2) is 7.38. The maximum atomic E-state index is 14.5. The monoisotopic (exact) mass is 343 g/mol. The summed E-state index contributed by atoms with van der Waals surface area (Å²) >= 11 is 0. The van der Waals surface area contributed by atoms with E-state index in [-0.39, 0.29) is 11.7 Å². The Bertz CT molecular complexity index is 755. The first-order valence-corrected chi connectivity index (χ1v) is 9.18. The summed E-state index contributed by atoms with van der Waals surface area (Å²) in [4.78, 5) is 14.8. The number of nitrogens with one attached hydrogen (secondary N) is 1. The molecule has 0 aliphatic carbocycles. The van der Waals surface area contributed by atoms with Gasteiger partial charge in [0.15, 0.2) is 5.69 Å². The van der Waals surface area contributed by atoms with Crippen molar-refractivity contribution in [1.29, 1.82) is 0 Å². The topological polar surface area (TPSA) is 49.0 Å². The van der Waals surface area contributed by atoms with E-state index in [4.69, 9.17) is 0 Å². The minimum absolute atomic E-state index is 0.0949. The quantitative estimate of drug-likeness (QED) is 0.797. The van der Waals surface area contributed by atoms with E-state index in [9.17, 15) is 9.18 Å². The van der Waals surface area contributed by atoms with Crippen LogP contribution in [0.25, 0.3) is 0 Å². The van der Waals surface area contributed by atoms with E-state index in [2.05, 4.69) is 24.0 Å². The van der Waals surface area contributed by atoms with Crippen molar-refractivity contribution >= 4 is 5.91 Å². The molecule has 4 nitrogen and oxygen atoms in total. The van der Waals surface area contributed by atoms with Crippen LogP contribution in [0.15, 0.2) is 24.3 Å². The first kappa shape index (κ1) is 17.6. The van der Waals surface area contributed by atoms with Gasteiger partial charge in [0.25, 0.3) is 5.91 Å². The van der Waals surface area contributed by atoms with Crippen molar-refractivity contribution in [2.45, 2.75) is 52.5 Å². The number of nitrogens with zero attached hydrogens (tertiary/aromatic N) is 2. The number of aromatic nitrogens is 2. The molecule has 2 atom stereocenters. The average Bonchev–Trinajstić information content (AvgIpc) is 3.11. The molecule has 1 N–H and O–H groups in total. The molecule has 0 saturated heterocycles. The molecular weight excluding hydrogens is 317 g/mol. The Labute approximate surface area is 148 Å². The molecule has 0 spiro atoms. The van der Waals surface area contributed by atoms with Crippen molar-refractivity contribution in [3.63, 3.8) is 0 Å². The highest BCUT2D eigenvalue weighted by Crippen LogP contribution is 2.41. The van der Waals surface area contributed by atoms with Crippen LogP contribution in [-0.4, -0.2) is 27.5 Å². The Morgan fingerprint density at radius 2 is 2.08 bits per heavy atom. The van der Waals surface area contributed by atoms with Crippen molar-refractivity contribution in [3.05, 3.63) is 52.6 Å². The highest BCUT2D eigenvalue weighted by molar-refractivity contribution is 5.98. The Balaban J connectivity index is 1.98. The number of benzene rings is 1. The van der Waals surface area contributed by atoms with E-state index < -0.39 is 6.04 Å². The number of amides is 1. The number of hydrogen-bond acceptors (Lipinski definition) is 2. The zero-order chi connectivity index (χ0) is 18.0. The first-order chi connectivity index (χ1) is 12.1. The fraction of sp³-hybridized carbons (Fsp3) is 0.500. The molecule has 1 aliphatic rings. The van der Waals surface area contributed by atoms with Gasteiger partial charge in [0.1, 0.15) is 5.82 Å². The highest BCUT2D eigenvalue weighted by atomic mass is 19.1. The van der Waals surface area contributed by atoms with Gasteiger partial charge in [-0.15, -0.1) is 0 Å². The van der Waals surface area contributed by atoms with E-state index >= 15 is 0 Å². The molecule has 2 aromatic rings. The first-order valence-electron chi connectivity index (χ1n) is 9.18. The minimum atomic E-state index is -0.391. The minimum Gasteiger partial charge on any atom is -0.326 e. The Morgan fingerprint density at radius 1 is 1.32 bits per heavy atom. The summed E-state index contributed by atoms with van der Waals surface area (Å²) in [5, 5.41) is 7.08. The van der Waals surface area contributed by atoms with Gasteiger partial charge in [-0.3, -0.25) is 9.89 Å². The molecule has 1 aromatic carbocycles. The van der Waals surface area contributed by atoms with Crippen LogP contribution in [0.1, 0.15) is 72.9 Å². The summed E-state index contributed by atoms with van der Waals surface area (Å²) in [6.45, 7) is 6.87. The van der Waals surface area contributed by atoms with Gasteiger partial charge in [0.2, 0.25) is 0 Å². The second-order valence-electron chi connectivity index (χ2n) is 6.91. The molecule has 0 bridgehead atoms. The van der Waals surface area contributed by atoms with Crippen LogP contribution in [0, 0.1) is 18.7 Å². The molecule has 0 fully saturated rings. The van der Waals surface area contributed by atoms with E-state index in [1.54, 1.807) is 12.1 Å². The van der Waals surface area contributed by atoms with Crippen LogP contribution in [-0.2, 0) is 0 Å². The number of carbonyl (C=O) groups excluding carboxylic acids is 1. The van der Waals surface area contributed by atoms with E-state index in [0.29, 0.717) is 23.7 Å². The standard InChI is InChI=1S/C20H26FN3O/c1-4-6-9-14(5-2)12-24-19(15-10-7-8-11-16(15)21)17-13(3)22-23-18(17)20(24)25/h7-8,10-11,14,19H,4-6,9,12H2,1-3H3,(H,22,23). The van der Waals surface area contributed by atoms with Gasteiger partial charge in [-0.2, -0.15) is 5.10 Å². The summed E-state index contributed by atoms with van der Waals surface area (Å²) in [7, 11) is 0. The lowest BCUT2D eigenvalue weighted by Crippen LogP contribution is -2.34. The number of carbonyl (C=O) groups is 1. The lowest BCUT2D eigenvalue weighted by atomic mass is 9.95. The smallest absolute Gasteiger partial charge is 0.275 e. The van der Waals surface area contributed by atoms with Gasteiger partial charge < -0.3 is 4.90 Å². The Hall–Kier alpha value is -2.17. The van der Waals surface area contributed by atoms with Crippen LogP contribution in [0.2, 0.25) is 0 Å². The second-order valence-corrected chi connectivity index (χ2v) is 6.91. The van der Waals surface area contributed by atoms with Crippen molar-refractivity contribution in [1.82, 2.24) is 15.1 Å². The van der Waals surface area contributed by atoms with Crippen molar-refractivity contribution in [2.75, 3.05) is 6.54 Å². The molecule has 1 amide bonds. The van der Waals surface area contributed by atoms with Gasteiger partial charge in [0, 0.05) is 23.4 Å². The third-order valence-electron chi connectivity index (χ3n) is 5.24. The highest BCUT2D eigenvalue weighted by Gasteiger charge is 2.42. The number of hydrogen-bond donors (Lipinski definition) is 1. The number of aryl methyl sites for hydroxylation is 1. The Kier molecular flexibility index (Phi) is 5.21. The summed E-state index contributed by atoms with van der Waals surface area (Å²) < 4.78 is 14.5. The van der Waals surface area contributed by atoms with Gasteiger partial charge in [0.05, 0.1) is 6.04 Å². The molecule has 2 heterocycles. The number of rotatable bonds is 7. The maximum absolute atomic E-state index is 14.5. The predicted molar refractivity (Wildman–Crippen MR) is 95.9 cm³/mol. The number of halogens is 1. The Morgan fingerprint density at radius 3 is 2.76 bits per heavy atom. The van der Waals surface area contributed by atoms with E-state index in [0.717, 1.165) is 36.9 Å². The molecule has 1 aromatic heterocycles. The zero-order valence-corrected chi connectivity index (χ0v) is 15.2. The maximum Gasteiger partial charge on any atom is 0.275 e. The summed E-state index contributed by atoms with van der Waals surface area (Å²) in [5.74, 6) is 0.0503. The summed E-state index contributed by atoms with van der Waals surface area (Å²) in [5.41, 5.74) is 2.64. The van der Waals surface area contributed by atoms with Crippen LogP contribution < -0.4 is 0 Å². The van der Waals surface area contributed by atoms with Crippen LogP contribution in [0.3, 0.4) is 0 Å². The molecule has 25 heavy (non-hydrogen) atoms. The van der Waals surface area contributed by atoms with Crippen molar-refractivity contribution in [3.8, 4) is 0 Å². The number of H-pyrrole nitrogens is 1. The van der Waals surface area contributed by atoms with Crippen LogP contribution >= 0.6 is 0 Å². The van der Waals surface area contributed by atoms with E-state index in [1.165, 1.54) is 6.07 Å². The molecule has 0 saturated carbocycles. The predicted octanol–water partition coefficient (Wildman–Crippen LogP) is 4.62. The molecule has 2 unspecified atom stereocenters. The molecule has 134 valence electrons. The average molecular weight is 343 g/mol. The number of unbranched alkanes of at least 4 members (excludes halogenated alkanes) is 1. The lowest BCUT2D eigenvalue weighted by molar-refractivity contribution is 0.0704. The normalized spacial score (nSPS) is 17.8. The zero-order valence-electron chi connectivity index (χ0n) is 15.2. The van der Waals surface area contributed by atoms with Gasteiger partial charge in [-0.25, -0.2) is 4.39 Å². The molecule has 0 radical (unpaired) electrons. The molecule has 1 aliphatic heterocycles. The van der Waals surface area contributed by atoms with Crippen molar-refractivity contribution < 1.29 is 9.18 Å². The third-order valence-corrected chi connectivity index (χ3v) is 5.24. The van der Waals surface area contributed by atoms with E-state index in [1.807, 2.05) is 17.9 Å². The summed E-state index contributed by atoms with van der Waals surface area (Å²) in [6, 6.07) is 6.34. The SMILES string of the molecule is CCCCC(CC)CN1C(=O)c2n[nH]c(C)c2C1c1ccccc1F. The van der Waals surface area contributed by atoms with Gasteiger partial charge in [-0.1, -0.05) is 51.3 Å². The van der Waals surface area contributed by atoms with Gasteiger partial charge >= 0.3 is 0 Å². The fourth-order valence-corrected chi connectivity index (χ4v) is 3.75. The van der Waals surface area contributed by atoms with Gasteiger partial charge in [-0.05, 0) is 25.3 Å². The third kappa shape index (κ3) is 3.20. The largest absolute Gasteiger partial charge is 0.326 e. The number of aromatic amines is 1. The molecule has 3 rings (SSSR count). The fourth-order valence-electron chi connectivity index (χ4n) is 3.75. The lowest BCUT2D eigenvalue weighted by Gasteiger charge is -2.30. The molecule has 5 heteroatoms. The van der Waals surface area contributed by atoms with Crippen LogP contribution in [0.5, 0.6) is 0 Å². The van der Waals surface area contributed by atoms with Crippen molar-refractivity contribution in [2.24, 2.45) is 5.92 Å². The summed E-state index contributed by atoms with van der Waals surface area (Å²) in [6.07, 6.45) is 4.39. The van der Waals surface area contributed by atoms with Crippen LogP contribution in [0.4, 0.5) is 4.39 Å².